The number of pyridine rings is 1. The Bertz CT molecular complexity index is 628. The number of amides is 1. The lowest BCUT2D eigenvalue weighted by molar-refractivity contribution is 0.0953. The molecule has 0 bridgehead atoms. The average molecular weight is 277 g/mol. The minimum absolute atomic E-state index is 0.135. The van der Waals surface area contributed by atoms with Crippen LogP contribution < -0.4 is 5.32 Å². The summed E-state index contributed by atoms with van der Waals surface area (Å²) in [7, 11) is 1.84. The van der Waals surface area contributed by atoms with Crippen LogP contribution in [0.3, 0.4) is 0 Å². The Morgan fingerprint density at radius 3 is 2.89 bits per heavy atom. The van der Waals surface area contributed by atoms with E-state index in [1.807, 2.05) is 20.0 Å². The van der Waals surface area contributed by atoms with Gasteiger partial charge in [0.05, 0.1) is 5.56 Å². The van der Waals surface area contributed by atoms with E-state index in [1.54, 1.807) is 16.8 Å². The van der Waals surface area contributed by atoms with Gasteiger partial charge in [-0.15, -0.1) is 0 Å². The van der Waals surface area contributed by atoms with Crippen LogP contribution in [0.5, 0.6) is 0 Å². The maximum atomic E-state index is 11.8. The maximum absolute atomic E-state index is 11.8. The van der Waals surface area contributed by atoms with Gasteiger partial charge in [-0.3, -0.25) is 14.9 Å². The number of aromatic nitrogens is 4. The number of nitrogens with zero attached hydrogens (tertiary/aromatic N) is 3. The standard InChI is InChI=1S/C12H15N5OS/c1-8-3-4-9(7-14-8)11(18)13-6-5-10-15-16-12(19)17(10)2/h3-4,7H,5-6H2,1-2H3,(H,13,18)(H,16,19). The average Bonchev–Trinajstić information content (AvgIpc) is 2.71. The van der Waals surface area contributed by atoms with E-state index in [2.05, 4.69) is 20.5 Å². The molecule has 0 aliphatic carbocycles. The number of rotatable bonds is 4. The second-order valence-electron chi connectivity index (χ2n) is 4.20. The molecule has 2 aromatic rings. The predicted octanol–water partition coefficient (Wildman–Crippen LogP) is 1.15. The maximum Gasteiger partial charge on any atom is 0.252 e. The Morgan fingerprint density at radius 1 is 1.53 bits per heavy atom. The second-order valence-corrected chi connectivity index (χ2v) is 4.58. The van der Waals surface area contributed by atoms with E-state index in [4.69, 9.17) is 12.2 Å². The number of carbonyl (C=O) groups is 1. The largest absolute Gasteiger partial charge is 0.352 e. The lowest BCUT2D eigenvalue weighted by Gasteiger charge is -2.04. The first-order valence-corrected chi connectivity index (χ1v) is 6.30. The number of carbonyl (C=O) groups excluding carboxylic acids is 1. The van der Waals surface area contributed by atoms with Crippen molar-refractivity contribution in [2.75, 3.05) is 6.54 Å². The SMILES string of the molecule is Cc1ccc(C(=O)NCCc2n[nH]c(=S)n2C)cn1. The van der Waals surface area contributed by atoms with Crippen molar-refractivity contribution < 1.29 is 4.79 Å². The van der Waals surface area contributed by atoms with E-state index >= 15 is 0 Å². The van der Waals surface area contributed by atoms with Gasteiger partial charge in [0.15, 0.2) is 4.77 Å². The normalized spacial score (nSPS) is 10.4. The minimum Gasteiger partial charge on any atom is -0.352 e. The molecule has 100 valence electrons. The topological polar surface area (TPSA) is 75.6 Å². The Kier molecular flexibility index (Phi) is 4.06. The van der Waals surface area contributed by atoms with E-state index in [-0.39, 0.29) is 5.91 Å². The molecule has 0 aliphatic rings. The Morgan fingerprint density at radius 2 is 2.32 bits per heavy atom. The van der Waals surface area contributed by atoms with Crippen LogP contribution >= 0.6 is 12.2 Å². The molecular weight excluding hydrogens is 262 g/mol. The summed E-state index contributed by atoms with van der Waals surface area (Å²) < 4.78 is 2.36. The Labute approximate surface area is 115 Å². The first-order chi connectivity index (χ1) is 9.08. The van der Waals surface area contributed by atoms with Crippen molar-refractivity contribution in [1.82, 2.24) is 25.1 Å². The van der Waals surface area contributed by atoms with Gasteiger partial charge < -0.3 is 9.88 Å². The summed E-state index contributed by atoms with van der Waals surface area (Å²) in [4.78, 5) is 15.9. The highest BCUT2D eigenvalue weighted by molar-refractivity contribution is 7.71. The molecule has 0 unspecified atom stereocenters. The van der Waals surface area contributed by atoms with E-state index in [9.17, 15) is 4.79 Å². The summed E-state index contributed by atoms with van der Waals surface area (Å²) in [6.45, 7) is 2.38. The van der Waals surface area contributed by atoms with Gasteiger partial charge >= 0.3 is 0 Å². The fourth-order valence-electron chi connectivity index (χ4n) is 1.60. The summed E-state index contributed by atoms with van der Waals surface area (Å²) in [5.74, 6) is 0.677. The zero-order valence-corrected chi connectivity index (χ0v) is 11.6. The molecule has 0 aromatic carbocycles. The lowest BCUT2D eigenvalue weighted by Crippen LogP contribution is -2.26. The van der Waals surface area contributed by atoms with Crippen LogP contribution in [0.4, 0.5) is 0 Å². The van der Waals surface area contributed by atoms with Gasteiger partial charge in [0.2, 0.25) is 0 Å². The van der Waals surface area contributed by atoms with Crippen molar-refractivity contribution in [1.29, 1.82) is 0 Å². The number of H-pyrrole nitrogens is 1. The third-order valence-electron chi connectivity index (χ3n) is 2.78. The van der Waals surface area contributed by atoms with Crippen LogP contribution in [0.25, 0.3) is 0 Å². The van der Waals surface area contributed by atoms with Gasteiger partial charge in [-0.2, -0.15) is 5.10 Å². The van der Waals surface area contributed by atoms with Crippen molar-refractivity contribution in [3.05, 3.63) is 40.2 Å². The molecule has 0 fully saturated rings. The summed E-state index contributed by atoms with van der Waals surface area (Å²) in [5, 5.41) is 9.61. The predicted molar refractivity (Wildman–Crippen MR) is 73.4 cm³/mol. The van der Waals surface area contributed by atoms with E-state index in [0.29, 0.717) is 23.3 Å². The van der Waals surface area contributed by atoms with Crippen molar-refractivity contribution >= 4 is 18.1 Å². The van der Waals surface area contributed by atoms with Crippen molar-refractivity contribution in [3.8, 4) is 0 Å². The second kappa shape index (κ2) is 5.75. The van der Waals surface area contributed by atoms with Crippen LogP contribution in [0, 0.1) is 11.7 Å². The van der Waals surface area contributed by atoms with E-state index in [1.165, 1.54) is 0 Å². The van der Waals surface area contributed by atoms with Crippen molar-refractivity contribution in [2.24, 2.45) is 7.05 Å². The summed E-state index contributed by atoms with van der Waals surface area (Å²) >= 11 is 5.01. The Hall–Kier alpha value is -2.02. The molecule has 6 nitrogen and oxygen atoms in total. The molecule has 19 heavy (non-hydrogen) atoms. The molecular formula is C12H15N5OS. The van der Waals surface area contributed by atoms with E-state index in [0.717, 1.165) is 11.5 Å². The summed E-state index contributed by atoms with van der Waals surface area (Å²) in [6, 6.07) is 3.57. The van der Waals surface area contributed by atoms with Crippen LogP contribution in [0.1, 0.15) is 21.9 Å². The highest BCUT2D eigenvalue weighted by Crippen LogP contribution is 1.99. The van der Waals surface area contributed by atoms with Gasteiger partial charge in [-0.1, -0.05) is 0 Å². The smallest absolute Gasteiger partial charge is 0.252 e. The number of aromatic amines is 1. The van der Waals surface area contributed by atoms with Gasteiger partial charge in [0.1, 0.15) is 5.82 Å². The highest BCUT2D eigenvalue weighted by atomic mass is 32.1. The molecule has 0 saturated carbocycles. The molecule has 0 spiro atoms. The summed E-state index contributed by atoms with van der Waals surface area (Å²) in [6.07, 6.45) is 2.19. The molecule has 0 radical (unpaired) electrons. The molecule has 0 atom stereocenters. The Balaban J connectivity index is 1.89. The zero-order chi connectivity index (χ0) is 13.8. The number of aryl methyl sites for hydroxylation is 1. The van der Waals surface area contributed by atoms with Crippen LogP contribution in [0.15, 0.2) is 18.3 Å². The number of hydrogen-bond acceptors (Lipinski definition) is 4. The third kappa shape index (κ3) is 3.25. The quantitative estimate of drug-likeness (QED) is 0.822. The highest BCUT2D eigenvalue weighted by Gasteiger charge is 2.06. The first-order valence-electron chi connectivity index (χ1n) is 5.89. The molecule has 7 heteroatoms. The molecule has 0 saturated heterocycles. The van der Waals surface area contributed by atoms with Gasteiger partial charge in [-0.25, -0.2) is 0 Å². The van der Waals surface area contributed by atoms with Gasteiger partial charge in [-0.05, 0) is 31.3 Å². The molecule has 1 amide bonds. The fraction of sp³-hybridized carbons (Fsp3) is 0.333. The zero-order valence-electron chi connectivity index (χ0n) is 10.8. The number of nitrogens with one attached hydrogen (secondary N) is 2. The van der Waals surface area contributed by atoms with E-state index < -0.39 is 0 Å². The minimum atomic E-state index is -0.135. The fourth-order valence-corrected chi connectivity index (χ4v) is 1.75. The van der Waals surface area contributed by atoms with Crippen molar-refractivity contribution in [2.45, 2.75) is 13.3 Å². The van der Waals surface area contributed by atoms with Crippen LogP contribution in [0.2, 0.25) is 0 Å². The van der Waals surface area contributed by atoms with Gasteiger partial charge in [0, 0.05) is 31.9 Å². The first kappa shape index (κ1) is 13.4. The summed E-state index contributed by atoms with van der Waals surface area (Å²) in [5.41, 5.74) is 1.44. The van der Waals surface area contributed by atoms with Crippen LogP contribution in [-0.2, 0) is 13.5 Å². The molecule has 2 rings (SSSR count). The molecule has 0 aliphatic heterocycles. The molecule has 2 N–H and O–H groups in total. The van der Waals surface area contributed by atoms with Gasteiger partial charge in [0.25, 0.3) is 5.91 Å². The molecule has 2 heterocycles. The van der Waals surface area contributed by atoms with Crippen LogP contribution in [-0.4, -0.2) is 32.2 Å². The third-order valence-corrected chi connectivity index (χ3v) is 3.15. The lowest BCUT2D eigenvalue weighted by atomic mass is 10.2. The monoisotopic (exact) mass is 277 g/mol. The van der Waals surface area contributed by atoms with Crippen molar-refractivity contribution in [3.63, 3.8) is 0 Å². The number of hydrogen-bond donors (Lipinski definition) is 2. The molecule has 2 aromatic heterocycles.